The number of hydrogen-bond acceptors (Lipinski definition) is 17. The summed E-state index contributed by atoms with van der Waals surface area (Å²) in [7, 11) is 0. The SMILES string of the molecule is CC(=O)N(CC1CCCC(OCc2nc(-c3ccc(C)cc3)oc2C)C1)[C@H](C(=O)O)C(C)C.CC(=O)N(CC1CCCC(OCc2nc(-c3ccc(C)cc3)oc2C)C1)[C@H](C(=O)OC(C)(C)C)C(C)C.Cc1ccc(-c2nc(COC3CCCC(CN[C@H](C(=O)OC(C)(C)C)C(C)C)C3)c(C)o2)cc1. The van der Waals surface area contributed by atoms with Gasteiger partial charge in [0.15, 0.2) is 0 Å². The number of aliphatic carboxylic acids is 1. The average molecular weight is 1440 g/mol. The molecule has 3 aromatic heterocycles. The Kier molecular flexibility index (Phi) is 31.1. The molecule has 0 aliphatic heterocycles. The van der Waals surface area contributed by atoms with Gasteiger partial charge in [-0.2, -0.15) is 0 Å². The molecule has 572 valence electrons. The summed E-state index contributed by atoms with van der Waals surface area (Å²) in [5.74, 6) is 3.33. The highest BCUT2D eigenvalue weighted by Gasteiger charge is 2.38. The van der Waals surface area contributed by atoms with Crippen LogP contribution in [0.2, 0.25) is 0 Å². The number of rotatable bonds is 27. The molecule has 3 fully saturated rings. The third-order valence-electron chi connectivity index (χ3n) is 19.7. The molecule has 104 heavy (non-hydrogen) atoms. The molecule has 9 atom stereocenters. The molecule has 0 spiro atoms. The second-order valence-corrected chi connectivity index (χ2v) is 32.3. The summed E-state index contributed by atoms with van der Waals surface area (Å²) < 4.78 is 47.7. The number of benzene rings is 3. The van der Waals surface area contributed by atoms with Crippen molar-refractivity contribution in [3.8, 4) is 34.4 Å². The first-order valence-corrected chi connectivity index (χ1v) is 37.9. The largest absolute Gasteiger partial charge is 0.480 e. The summed E-state index contributed by atoms with van der Waals surface area (Å²) in [6.45, 7) is 40.9. The van der Waals surface area contributed by atoms with Crippen molar-refractivity contribution in [1.29, 1.82) is 0 Å². The molecule has 3 aromatic carbocycles. The number of aryl methyl sites for hydroxylation is 6. The molecule has 3 aliphatic rings. The fourth-order valence-corrected chi connectivity index (χ4v) is 14.0. The van der Waals surface area contributed by atoms with Crippen molar-refractivity contribution < 1.29 is 66.0 Å². The van der Waals surface area contributed by atoms with E-state index in [9.17, 15) is 29.1 Å². The van der Waals surface area contributed by atoms with Crippen LogP contribution in [0, 0.1) is 77.0 Å². The van der Waals surface area contributed by atoms with Crippen LogP contribution in [0.3, 0.4) is 0 Å². The van der Waals surface area contributed by atoms with Crippen molar-refractivity contribution >= 4 is 29.7 Å². The minimum Gasteiger partial charge on any atom is -0.480 e. The van der Waals surface area contributed by atoms with Gasteiger partial charge in [0.1, 0.15) is 63.7 Å². The molecular weight excluding hydrogens is 1320 g/mol. The molecule has 20 heteroatoms. The Labute approximate surface area is 619 Å². The molecule has 2 amide bonds. The second-order valence-electron chi connectivity index (χ2n) is 32.3. The van der Waals surface area contributed by atoms with Gasteiger partial charge in [-0.15, -0.1) is 0 Å². The summed E-state index contributed by atoms with van der Waals surface area (Å²) in [5.41, 5.74) is 7.85. The van der Waals surface area contributed by atoms with Crippen LogP contribution in [-0.2, 0) is 67.5 Å². The Morgan fingerprint density at radius 1 is 0.471 bits per heavy atom. The molecular formula is C84H122N6O14. The minimum absolute atomic E-state index is 0.0488. The number of amides is 2. The van der Waals surface area contributed by atoms with Crippen LogP contribution in [0.5, 0.6) is 0 Å². The summed E-state index contributed by atoms with van der Waals surface area (Å²) in [6.07, 6.45) is 12.2. The number of carbonyl (C=O) groups excluding carboxylic acids is 4. The van der Waals surface area contributed by atoms with E-state index in [4.69, 9.17) is 36.9 Å². The number of carboxylic acids is 1. The Hall–Kier alpha value is -7.52. The highest BCUT2D eigenvalue weighted by molar-refractivity contribution is 5.84. The Balaban J connectivity index is 0.000000219. The number of nitrogens with one attached hydrogen (secondary N) is 1. The Bertz CT molecular complexity index is 3690. The fraction of sp³-hybridized carbons (Fsp3) is 0.619. The van der Waals surface area contributed by atoms with Gasteiger partial charge in [-0.1, -0.05) is 114 Å². The molecule has 3 saturated carbocycles. The summed E-state index contributed by atoms with van der Waals surface area (Å²) in [4.78, 5) is 79.6. The van der Waals surface area contributed by atoms with Crippen molar-refractivity contribution in [1.82, 2.24) is 30.1 Å². The van der Waals surface area contributed by atoms with E-state index in [0.29, 0.717) is 56.5 Å². The lowest BCUT2D eigenvalue weighted by Gasteiger charge is -2.38. The lowest BCUT2D eigenvalue weighted by atomic mass is 9.86. The highest BCUT2D eigenvalue weighted by atomic mass is 16.6. The first-order valence-electron chi connectivity index (χ1n) is 37.9. The zero-order valence-corrected chi connectivity index (χ0v) is 66.1. The van der Waals surface area contributed by atoms with Gasteiger partial charge in [-0.3, -0.25) is 14.4 Å². The molecule has 9 rings (SSSR count). The first-order chi connectivity index (χ1) is 49.0. The van der Waals surface area contributed by atoms with E-state index in [1.165, 1.54) is 35.4 Å². The maximum Gasteiger partial charge on any atom is 0.329 e. The van der Waals surface area contributed by atoms with Gasteiger partial charge in [0.25, 0.3) is 0 Å². The fourth-order valence-electron chi connectivity index (χ4n) is 14.0. The van der Waals surface area contributed by atoms with E-state index >= 15 is 0 Å². The average Bonchev–Trinajstić information content (AvgIpc) is 1.47. The number of esters is 2. The zero-order chi connectivity index (χ0) is 76.3. The third-order valence-corrected chi connectivity index (χ3v) is 19.7. The Morgan fingerprint density at radius 2 is 0.788 bits per heavy atom. The highest BCUT2D eigenvalue weighted by Crippen LogP contribution is 2.35. The number of carbonyl (C=O) groups is 5. The van der Waals surface area contributed by atoms with Gasteiger partial charge in [-0.25, -0.2) is 24.5 Å². The van der Waals surface area contributed by atoms with Crippen LogP contribution >= 0.6 is 0 Å². The van der Waals surface area contributed by atoms with Crippen LogP contribution < -0.4 is 5.32 Å². The van der Waals surface area contributed by atoms with Crippen molar-refractivity contribution in [2.24, 2.45) is 35.5 Å². The molecule has 0 radical (unpaired) electrons. The topological polar surface area (TPSA) is 248 Å². The van der Waals surface area contributed by atoms with Crippen LogP contribution in [0.15, 0.2) is 86.0 Å². The predicted molar refractivity (Wildman–Crippen MR) is 404 cm³/mol. The number of ether oxygens (including phenoxy) is 5. The standard InChI is InChI=1S/C30H44N2O5.C28H42N2O4.C26H36N2O5/c1-19(2)27(29(34)37-30(6,7)8)32(22(5)33)17-23-10-9-11-25(16-23)35-18-26-21(4)36-28(31-26)24-14-12-20(3)13-15-24;1-18(2)25(27(31)34-28(5,6)7)29-16-21-9-8-10-23(15-21)32-17-24-20(4)33-26(30-24)22-13-11-19(3)12-14-22;1-16(2)24(26(30)31)28(19(5)29)14-20-7-6-8-22(13-20)32-15-23-18(4)33-25(27-23)21-11-9-17(3)10-12-21/h12-15,19,23,25,27H,9-11,16-18H2,1-8H3;11-14,18,21,23,25,29H,8-10,15-17H2,1-7H3;9-12,16,20,22,24H,6-8,13-15H2,1-5H3,(H,30,31)/t23?,25?,27-;21?,23?,25-;20?,22?,24-/m000/s1. The Morgan fingerprint density at radius 3 is 1.10 bits per heavy atom. The van der Waals surface area contributed by atoms with Gasteiger partial charge in [0, 0.05) is 43.6 Å². The van der Waals surface area contributed by atoms with Gasteiger partial charge in [0.05, 0.1) is 38.1 Å². The normalized spacial score (nSPS) is 19.5. The minimum atomic E-state index is -0.949. The van der Waals surface area contributed by atoms with Gasteiger partial charge < -0.3 is 57.2 Å². The molecule has 20 nitrogen and oxygen atoms in total. The third kappa shape index (κ3) is 25.9. The molecule has 0 saturated heterocycles. The lowest BCUT2D eigenvalue weighted by Crippen LogP contribution is -2.51. The molecule has 2 N–H and O–H groups in total. The molecule has 0 bridgehead atoms. The van der Waals surface area contributed by atoms with Crippen LogP contribution in [0.4, 0.5) is 0 Å². The second kappa shape index (κ2) is 38.7. The van der Waals surface area contributed by atoms with Crippen molar-refractivity contribution in [3.05, 3.63) is 124 Å². The van der Waals surface area contributed by atoms with E-state index in [2.05, 4.69) is 60.1 Å². The van der Waals surface area contributed by atoms with E-state index in [1.54, 1.807) is 4.90 Å². The number of nitrogens with zero attached hydrogens (tertiary/aromatic N) is 5. The quantitative estimate of drug-likeness (QED) is 0.0455. The molecule has 6 unspecified atom stereocenters. The number of oxazole rings is 3. The summed E-state index contributed by atoms with van der Waals surface area (Å²) in [5, 5.41) is 13.1. The van der Waals surface area contributed by atoms with Gasteiger partial charge in [0.2, 0.25) is 29.5 Å². The van der Waals surface area contributed by atoms with E-state index < -0.39 is 29.3 Å². The monoisotopic (exact) mass is 1440 g/mol. The van der Waals surface area contributed by atoms with Crippen LogP contribution in [-0.4, -0.2) is 127 Å². The van der Waals surface area contributed by atoms with E-state index in [-0.39, 0.29) is 77.7 Å². The lowest BCUT2D eigenvalue weighted by molar-refractivity contribution is -0.167. The van der Waals surface area contributed by atoms with Crippen molar-refractivity contribution in [3.63, 3.8) is 0 Å². The van der Waals surface area contributed by atoms with Gasteiger partial charge >= 0.3 is 17.9 Å². The number of carboxylic acid groups (broad SMARTS) is 1. The predicted octanol–water partition coefficient (Wildman–Crippen LogP) is 17.2. The molecule has 3 heterocycles. The maximum atomic E-state index is 13.0. The number of aromatic nitrogens is 3. The van der Waals surface area contributed by atoms with Crippen molar-refractivity contribution in [2.75, 3.05) is 19.6 Å². The smallest absolute Gasteiger partial charge is 0.329 e. The van der Waals surface area contributed by atoms with Crippen molar-refractivity contribution in [2.45, 2.75) is 283 Å². The van der Waals surface area contributed by atoms with Gasteiger partial charge in [-0.05, 0) is 219 Å². The summed E-state index contributed by atoms with van der Waals surface area (Å²) in [6, 6.07) is 22.7. The van der Waals surface area contributed by atoms with E-state index in [1.807, 2.05) is 158 Å². The first kappa shape index (κ1) is 83.7. The van der Waals surface area contributed by atoms with E-state index in [0.717, 1.165) is 135 Å². The summed E-state index contributed by atoms with van der Waals surface area (Å²) >= 11 is 0. The van der Waals surface area contributed by atoms with Crippen LogP contribution in [0.25, 0.3) is 34.4 Å². The number of hydrogen-bond donors (Lipinski definition) is 2. The maximum absolute atomic E-state index is 13.0. The zero-order valence-electron chi connectivity index (χ0n) is 66.1. The molecule has 6 aromatic rings. The van der Waals surface area contributed by atoms with Crippen LogP contribution in [0.1, 0.15) is 225 Å². The molecule has 3 aliphatic carbocycles.